The molecule has 1 saturated carbocycles. The first-order valence-electron chi connectivity index (χ1n) is 6.34. The summed E-state index contributed by atoms with van der Waals surface area (Å²) in [5.41, 5.74) is 2.20. The van der Waals surface area contributed by atoms with Crippen LogP contribution in [0.3, 0.4) is 0 Å². The van der Waals surface area contributed by atoms with Gasteiger partial charge in [-0.15, -0.1) is 0 Å². The fourth-order valence-electron chi connectivity index (χ4n) is 2.08. The number of aliphatic hydroxyl groups excluding tert-OH is 1. The van der Waals surface area contributed by atoms with Crippen molar-refractivity contribution in [3.8, 4) is 0 Å². The van der Waals surface area contributed by atoms with Gasteiger partial charge in [-0.3, -0.25) is 0 Å². The Morgan fingerprint density at radius 2 is 2.18 bits per heavy atom. The molecular weight excluding hydrogens is 278 g/mol. The van der Waals surface area contributed by atoms with E-state index in [0.717, 1.165) is 29.0 Å². The van der Waals surface area contributed by atoms with E-state index in [1.807, 2.05) is 6.07 Å². The lowest BCUT2D eigenvalue weighted by atomic mass is 10.1. The van der Waals surface area contributed by atoms with Gasteiger partial charge in [-0.25, -0.2) is 0 Å². The van der Waals surface area contributed by atoms with Crippen molar-refractivity contribution < 1.29 is 5.11 Å². The minimum absolute atomic E-state index is 0.420. The topological polar surface area (TPSA) is 23.5 Å². The quantitative estimate of drug-likeness (QED) is 0.895. The smallest absolute Gasteiger partial charge is 0.0772 e. The molecule has 0 aliphatic heterocycles. The van der Waals surface area contributed by atoms with E-state index in [-0.39, 0.29) is 0 Å². The van der Waals surface area contributed by atoms with Crippen molar-refractivity contribution in [1.29, 1.82) is 0 Å². The Bertz CT molecular complexity index is 388. The highest BCUT2D eigenvalue weighted by molar-refractivity contribution is 9.10. The maximum Gasteiger partial charge on any atom is 0.0772 e. The molecule has 0 bridgehead atoms. The van der Waals surface area contributed by atoms with Crippen LogP contribution in [0.2, 0.25) is 0 Å². The molecule has 1 atom stereocenters. The largest absolute Gasteiger partial charge is 0.389 e. The van der Waals surface area contributed by atoms with Crippen molar-refractivity contribution >= 4 is 21.6 Å². The molecule has 0 amide bonds. The molecular formula is C14H20BrNO. The Kier molecular flexibility index (Phi) is 4.10. The van der Waals surface area contributed by atoms with Crippen LogP contribution in [0.25, 0.3) is 0 Å². The Labute approximate surface area is 112 Å². The highest BCUT2D eigenvalue weighted by atomic mass is 79.9. The SMILES string of the molecule is CCN(CC1CC1)c1ccc([C@H](C)O)c(Br)c1. The maximum atomic E-state index is 9.60. The summed E-state index contributed by atoms with van der Waals surface area (Å²) in [4.78, 5) is 2.41. The van der Waals surface area contributed by atoms with Crippen LogP contribution in [0.5, 0.6) is 0 Å². The predicted octanol–water partition coefficient (Wildman–Crippen LogP) is 3.74. The fourth-order valence-corrected chi connectivity index (χ4v) is 2.78. The lowest BCUT2D eigenvalue weighted by Crippen LogP contribution is -2.25. The van der Waals surface area contributed by atoms with Crippen LogP contribution >= 0.6 is 15.9 Å². The Morgan fingerprint density at radius 1 is 1.47 bits per heavy atom. The number of rotatable bonds is 5. The van der Waals surface area contributed by atoms with Gasteiger partial charge in [-0.2, -0.15) is 0 Å². The molecule has 0 radical (unpaired) electrons. The number of nitrogens with zero attached hydrogens (tertiary/aromatic N) is 1. The van der Waals surface area contributed by atoms with Crippen LogP contribution in [0.1, 0.15) is 38.4 Å². The minimum Gasteiger partial charge on any atom is -0.389 e. The number of halogens is 1. The van der Waals surface area contributed by atoms with Gasteiger partial charge in [0.15, 0.2) is 0 Å². The molecule has 1 aromatic rings. The summed E-state index contributed by atoms with van der Waals surface area (Å²) in [7, 11) is 0. The lowest BCUT2D eigenvalue weighted by Gasteiger charge is -2.24. The molecule has 17 heavy (non-hydrogen) atoms. The third-order valence-electron chi connectivity index (χ3n) is 3.36. The molecule has 3 heteroatoms. The first-order chi connectivity index (χ1) is 8.11. The van der Waals surface area contributed by atoms with E-state index in [2.05, 4.69) is 39.9 Å². The van der Waals surface area contributed by atoms with Gasteiger partial charge in [-0.05, 0) is 50.3 Å². The van der Waals surface area contributed by atoms with Gasteiger partial charge < -0.3 is 10.0 Å². The number of aliphatic hydroxyl groups is 1. The molecule has 0 aromatic heterocycles. The molecule has 2 rings (SSSR count). The van der Waals surface area contributed by atoms with Gasteiger partial charge in [0.1, 0.15) is 0 Å². The van der Waals surface area contributed by atoms with Crippen LogP contribution in [-0.4, -0.2) is 18.2 Å². The van der Waals surface area contributed by atoms with Crippen LogP contribution in [0.15, 0.2) is 22.7 Å². The molecule has 1 fully saturated rings. The molecule has 2 nitrogen and oxygen atoms in total. The van der Waals surface area contributed by atoms with Crippen LogP contribution in [-0.2, 0) is 0 Å². The molecule has 0 spiro atoms. The summed E-state index contributed by atoms with van der Waals surface area (Å²) in [5, 5.41) is 9.60. The summed E-state index contributed by atoms with van der Waals surface area (Å²) in [6, 6.07) is 6.24. The van der Waals surface area contributed by atoms with E-state index in [0.29, 0.717) is 0 Å². The number of benzene rings is 1. The number of hydrogen-bond donors (Lipinski definition) is 1. The second kappa shape index (κ2) is 5.40. The van der Waals surface area contributed by atoms with Crippen molar-refractivity contribution in [2.24, 2.45) is 5.92 Å². The van der Waals surface area contributed by atoms with Crippen LogP contribution < -0.4 is 4.90 Å². The third kappa shape index (κ3) is 3.23. The highest BCUT2D eigenvalue weighted by Crippen LogP contribution is 2.33. The maximum absolute atomic E-state index is 9.60. The molecule has 0 saturated heterocycles. The van der Waals surface area contributed by atoms with Gasteiger partial charge >= 0.3 is 0 Å². The van der Waals surface area contributed by atoms with Crippen molar-refractivity contribution in [2.75, 3.05) is 18.0 Å². The Balaban J connectivity index is 2.16. The summed E-state index contributed by atoms with van der Waals surface area (Å²) in [6.45, 7) is 6.19. The normalized spacial score (nSPS) is 16.9. The van der Waals surface area contributed by atoms with E-state index >= 15 is 0 Å². The Hall–Kier alpha value is -0.540. The molecule has 1 N–H and O–H groups in total. The van der Waals surface area contributed by atoms with E-state index in [4.69, 9.17) is 0 Å². The Morgan fingerprint density at radius 3 is 2.65 bits per heavy atom. The molecule has 0 heterocycles. The van der Waals surface area contributed by atoms with E-state index in [1.54, 1.807) is 6.92 Å². The fraction of sp³-hybridized carbons (Fsp3) is 0.571. The van der Waals surface area contributed by atoms with Gasteiger partial charge in [0.05, 0.1) is 6.10 Å². The second-order valence-corrected chi connectivity index (χ2v) is 5.72. The third-order valence-corrected chi connectivity index (χ3v) is 4.04. The summed E-state index contributed by atoms with van der Waals surface area (Å²) >= 11 is 3.54. The zero-order valence-electron chi connectivity index (χ0n) is 10.5. The number of anilines is 1. The molecule has 1 aromatic carbocycles. The molecule has 94 valence electrons. The summed E-state index contributed by atoms with van der Waals surface area (Å²) in [5.74, 6) is 0.894. The lowest BCUT2D eigenvalue weighted by molar-refractivity contribution is 0.198. The van der Waals surface area contributed by atoms with Crippen molar-refractivity contribution in [1.82, 2.24) is 0 Å². The first kappa shape index (κ1) is 12.9. The van der Waals surface area contributed by atoms with Gasteiger partial charge in [0.2, 0.25) is 0 Å². The minimum atomic E-state index is -0.420. The van der Waals surface area contributed by atoms with Crippen molar-refractivity contribution in [2.45, 2.75) is 32.8 Å². The van der Waals surface area contributed by atoms with E-state index in [1.165, 1.54) is 18.5 Å². The van der Waals surface area contributed by atoms with Gasteiger partial charge in [-0.1, -0.05) is 22.0 Å². The zero-order chi connectivity index (χ0) is 12.4. The van der Waals surface area contributed by atoms with Gasteiger partial charge in [0, 0.05) is 23.2 Å². The molecule has 1 aliphatic rings. The summed E-state index contributed by atoms with van der Waals surface area (Å²) < 4.78 is 0.999. The monoisotopic (exact) mass is 297 g/mol. The van der Waals surface area contributed by atoms with Crippen LogP contribution in [0.4, 0.5) is 5.69 Å². The average Bonchev–Trinajstić information content (AvgIpc) is 3.09. The van der Waals surface area contributed by atoms with Gasteiger partial charge in [0.25, 0.3) is 0 Å². The van der Waals surface area contributed by atoms with E-state index in [9.17, 15) is 5.11 Å². The summed E-state index contributed by atoms with van der Waals surface area (Å²) in [6.07, 6.45) is 2.34. The van der Waals surface area contributed by atoms with Crippen molar-refractivity contribution in [3.05, 3.63) is 28.2 Å². The standard InChI is InChI=1S/C14H20BrNO/c1-3-16(9-11-4-5-11)12-6-7-13(10(2)17)14(15)8-12/h6-8,10-11,17H,3-5,9H2,1-2H3/t10-/m0/s1. The first-order valence-corrected chi connectivity index (χ1v) is 7.13. The molecule has 1 aliphatic carbocycles. The average molecular weight is 298 g/mol. The predicted molar refractivity (Wildman–Crippen MR) is 75.4 cm³/mol. The van der Waals surface area contributed by atoms with Crippen LogP contribution in [0, 0.1) is 5.92 Å². The second-order valence-electron chi connectivity index (χ2n) is 4.86. The zero-order valence-corrected chi connectivity index (χ0v) is 12.1. The van der Waals surface area contributed by atoms with Crippen molar-refractivity contribution in [3.63, 3.8) is 0 Å². The highest BCUT2D eigenvalue weighted by Gasteiger charge is 2.24. The van der Waals surface area contributed by atoms with E-state index < -0.39 is 6.10 Å². The number of hydrogen-bond acceptors (Lipinski definition) is 2. The molecule has 0 unspecified atom stereocenters.